The first kappa shape index (κ1) is 17.0. The summed E-state index contributed by atoms with van der Waals surface area (Å²) in [7, 11) is 0. The highest BCUT2D eigenvalue weighted by Gasteiger charge is 2.02. The van der Waals surface area contributed by atoms with E-state index in [1.165, 1.54) is 17.5 Å². The fourth-order valence-electron chi connectivity index (χ4n) is 2.12. The molecule has 0 aliphatic heterocycles. The molecule has 0 bridgehead atoms. The van der Waals surface area contributed by atoms with Crippen molar-refractivity contribution in [3.8, 4) is 17.2 Å². The Labute approximate surface area is 129 Å². The van der Waals surface area contributed by atoms with Crippen LogP contribution in [0.1, 0.15) is 45.2 Å². The second-order valence-corrected chi connectivity index (χ2v) is 5.10. The Bertz CT molecular complexity index is 558. The standard InChI is InChI=1S/C18H19N.C2H6/c1-3-14(2)12-15-4-8-17(9-5-15)18-10-6-16(13-19)7-11-18;1-2/h4-11,14H,3,12H2,1-2H3;1-2H3. The number of hydrogen-bond donors (Lipinski definition) is 0. The fourth-order valence-corrected chi connectivity index (χ4v) is 2.12. The average molecular weight is 279 g/mol. The van der Waals surface area contributed by atoms with Gasteiger partial charge < -0.3 is 0 Å². The minimum absolute atomic E-state index is 0.706. The van der Waals surface area contributed by atoms with Gasteiger partial charge in [0.1, 0.15) is 0 Å². The molecule has 0 saturated heterocycles. The van der Waals surface area contributed by atoms with Gasteiger partial charge >= 0.3 is 0 Å². The highest BCUT2D eigenvalue weighted by Crippen LogP contribution is 2.21. The van der Waals surface area contributed by atoms with Gasteiger partial charge in [-0.25, -0.2) is 0 Å². The summed E-state index contributed by atoms with van der Waals surface area (Å²) in [5.74, 6) is 0.737. The van der Waals surface area contributed by atoms with Crippen molar-refractivity contribution in [3.05, 3.63) is 59.7 Å². The van der Waals surface area contributed by atoms with Crippen LogP contribution in [-0.4, -0.2) is 0 Å². The van der Waals surface area contributed by atoms with E-state index in [1.54, 1.807) is 0 Å². The van der Waals surface area contributed by atoms with Crippen molar-refractivity contribution in [1.82, 2.24) is 0 Å². The van der Waals surface area contributed by atoms with Crippen LogP contribution in [0.25, 0.3) is 11.1 Å². The van der Waals surface area contributed by atoms with Crippen molar-refractivity contribution in [2.45, 2.75) is 40.5 Å². The summed E-state index contributed by atoms with van der Waals surface area (Å²) in [6.45, 7) is 8.52. The second kappa shape index (κ2) is 8.97. The van der Waals surface area contributed by atoms with Crippen molar-refractivity contribution in [2.75, 3.05) is 0 Å². The van der Waals surface area contributed by atoms with Crippen molar-refractivity contribution >= 4 is 0 Å². The maximum atomic E-state index is 8.79. The van der Waals surface area contributed by atoms with Crippen LogP contribution >= 0.6 is 0 Å². The monoisotopic (exact) mass is 279 g/mol. The van der Waals surface area contributed by atoms with E-state index in [9.17, 15) is 0 Å². The third-order valence-electron chi connectivity index (χ3n) is 3.58. The average Bonchev–Trinajstić information content (AvgIpc) is 2.57. The Morgan fingerprint density at radius 2 is 1.38 bits per heavy atom. The summed E-state index contributed by atoms with van der Waals surface area (Å²) in [6, 6.07) is 18.6. The summed E-state index contributed by atoms with van der Waals surface area (Å²) in [6.07, 6.45) is 2.36. The second-order valence-electron chi connectivity index (χ2n) is 5.10. The molecule has 0 N–H and O–H groups in total. The zero-order valence-electron chi connectivity index (χ0n) is 13.6. The van der Waals surface area contributed by atoms with Gasteiger partial charge in [-0.3, -0.25) is 0 Å². The largest absolute Gasteiger partial charge is 0.192 e. The molecule has 0 aromatic heterocycles. The van der Waals surface area contributed by atoms with E-state index >= 15 is 0 Å². The minimum atomic E-state index is 0.706. The highest BCUT2D eigenvalue weighted by molar-refractivity contribution is 5.64. The molecule has 0 amide bonds. The van der Waals surface area contributed by atoms with E-state index in [-0.39, 0.29) is 0 Å². The summed E-state index contributed by atoms with van der Waals surface area (Å²) in [4.78, 5) is 0. The molecule has 2 rings (SSSR count). The van der Waals surface area contributed by atoms with Crippen LogP contribution in [0.15, 0.2) is 48.5 Å². The van der Waals surface area contributed by atoms with Crippen LogP contribution in [0.5, 0.6) is 0 Å². The highest BCUT2D eigenvalue weighted by atomic mass is 14.2. The quantitative estimate of drug-likeness (QED) is 0.689. The van der Waals surface area contributed by atoms with Crippen molar-refractivity contribution in [2.24, 2.45) is 5.92 Å². The first-order chi connectivity index (χ1) is 10.2. The molecular weight excluding hydrogens is 254 g/mol. The zero-order valence-corrected chi connectivity index (χ0v) is 13.6. The van der Waals surface area contributed by atoms with Crippen LogP contribution in [-0.2, 0) is 6.42 Å². The molecule has 0 aliphatic rings. The third kappa shape index (κ3) is 5.08. The zero-order chi connectivity index (χ0) is 15.7. The third-order valence-corrected chi connectivity index (χ3v) is 3.58. The molecule has 21 heavy (non-hydrogen) atoms. The van der Waals surface area contributed by atoms with Gasteiger partial charge in [0, 0.05) is 0 Å². The summed E-state index contributed by atoms with van der Waals surface area (Å²) in [5, 5.41) is 8.79. The maximum absolute atomic E-state index is 8.79. The summed E-state index contributed by atoms with van der Waals surface area (Å²) < 4.78 is 0. The van der Waals surface area contributed by atoms with Crippen LogP contribution < -0.4 is 0 Å². The van der Waals surface area contributed by atoms with Gasteiger partial charge in [-0.2, -0.15) is 5.26 Å². The molecule has 2 aromatic rings. The van der Waals surface area contributed by atoms with Crippen LogP contribution in [0.4, 0.5) is 0 Å². The van der Waals surface area contributed by atoms with Crippen LogP contribution in [0.2, 0.25) is 0 Å². The molecule has 0 heterocycles. The molecule has 110 valence electrons. The van der Waals surface area contributed by atoms with Gasteiger partial charge in [0.2, 0.25) is 0 Å². The van der Waals surface area contributed by atoms with E-state index in [4.69, 9.17) is 5.26 Å². The van der Waals surface area contributed by atoms with Gasteiger partial charge in [-0.15, -0.1) is 0 Å². The predicted molar refractivity (Wildman–Crippen MR) is 91.1 cm³/mol. The number of nitriles is 1. The molecule has 1 atom stereocenters. The minimum Gasteiger partial charge on any atom is -0.192 e. The molecule has 0 spiro atoms. The smallest absolute Gasteiger partial charge is 0.0991 e. The SMILES string of the molecule is CC.CCC(C)Cc1ccc(-c2ccc(C#N)cc2)cc1. The molecule has 1 heteroatoms. The first-order valence-electron chi connectivity index (χ1n) is 7.82. The molecule has 0 radical (unpaired) electrons. The predicted octanol–water partition coefficient (Wildman–Crippen LogP) is 5.84. The molecule has 0 fully saturated rings. The Kier molecular flexibility index (Phi) is 7.26. The Balaban J connectivity index is 0.00000106. The van der Waals surface area contributed by atoms with Crippen molar-refractivity contribution < 1.29 is 0 Å². The first-order valence-corrected chi connectivity index (χ1v) is 7.82. The lowest BCUT2D eigenvalue weighted by Gasteiger charge is -2.09. The van der Waals surface area contributed by atoms with E-state index in [0.717, 1.165) is 17.9 Å². The molecule has 1 unspecified atom stereocenters. The number of hydrogen-bond acceptors (Lipinski definition) is 1. The summed E-state index contributed by atoms with van der Waals surface area (Å²) >= 11 is 0. The number of rotatable bonds is 4. The lowest BCUT2D eigenvalue weighted by atomic mass is 9.96. The van der Waals surface area contributed by atoms with Gasteiger partial charge in [0.15, 0.2) is 0 Å². The fraction of sp³-hybridized carbons (Fsp3) is 0.350. The van der Waals surface area contributed by atoms with Crippen LogP contribution in [0.3, 0.4) is 0 Å². The molecule has 2 aromatic carbocycles. The van der Waals surface area contributed by atoms with Crippen molar-refractivity contribution in [3.63, 3.8) is 0 Å². The number of nitrogens with zero attached hydrogens (tertiary/aromatic N) is 1. The number of benzene rings is 2. The van der Waals surface area contributed by atoms with E-state index in [2.05, 4.69) is 44.2 Å². The Morgan fingerprint density at radius 3 is 1.81 bits per heavy atom. The van der Waals surface area contributed by atoms with Gasteiger partial charge in [-0.1, -0.05) is 70.5 Å². The molecular formula is C20H25N. The lowest BCUT2D eigenvalue weighted by Crippen LogP contribution is -1.97. The van der Waals surface area contributed by atoms with E-state index in [1.807, 2.05) is 38.1 Å². The molecule has 0 aliphatic carbocycles. The Hall–Kier alpha value is -2.07. The van der Waals surface area contributed by atoms with Gasteiger partial charge in [0.05, 0.1) is 11.6 Å². The van der Waals surface area contributed by atoms with E-state index < -0.39 is 0 Å². The Morgan fingerprint density at radius 1 is 0.905 bits per heavy atom. The lowest BCUT2D eigenvalue weighted by molar-refractivity contribution is 0.560. The van der Waals surface area contributed by atoms with E-state index in [0.29, 0.717) is 5.56 Å². The van der Waals surface area contributed by atoms with Gasteiger partial charge in [-0.05, 0) is 41.2 Å². The summed E-state index contributed by atoms with van der Waals surface area (Å²) in [5.41, 5.74) is 4.47. The topological polar surface area (TPSA) is 23.8 Å². The molecule has 1 nitrogen and oxygen atoms in total. The van der Waals surface area contributed by atoms with Crippen molar-refractivity contribution in [1.29, 1.82) is 5.26 Å². The maximum Gasteiger partial charge on any atom is 0.0991 e. The normalized spacial score (nSPS) is 11.0. The molecule has 0 saturated carbocycles. The van der Waals surface area contributed by atoms with Crippen LogP contribution in [0, 0.1) is 17.2 Å². The van der Waals surface area contributed by atoms with Gasteiger partial charge in [0.25, 0.3) is 0 Å².